The smallest absolute Gasteiger partial charge is 0.0767 e. The summed E-state index contributed by atoms with van der Waals surface area (Å²) < 4.78 is 3.16. The minimum Gasteiger partial charge on any atom is -0.311 e. The third-order valence-electron chi connectivity index (χ3n) is 3.69. The van der Waals surface area contributed by atoms with E-state index in [1.807, 2.05) is 11.7 Å². The van der Waals surface area contributed by atoms with Crippen LogP contribution in [0.3, 0.4) is 0 Å². The van der Waals surface area contributed by atoms with Crippen molar-refractivity contribution < 1.29 is 0 Å². The van der Waals surface area contributed by atoms with Crippen LogP contribution in [0.15, 0.2) is 4.47 Å². The summed E-state index contributed by atoms with van der Waals surface area (Å²) in [4.78, 5) is 0. The quantitative estimate of drug-likeness (QED) is 0.875. The summed E-state index contributed by atoms with van der Waals surface area (Å²) in [6.45, 7) is 6.50. The van der Waals surface area contributed by atoms with Gasteiger partial charge in [0, 0.05) is 13.6 Å². The molecule has 1 heterocycles. The predicted molar refractivity (Wildman–Crippen MR) is 73.9 cm³/mol. The molecule has 1 N–H and O–H groups in total. The predicted octanol–water partition coefficient (Wildman–Crippen LogP) is 2.88. The number of halogens is 1. The molecule has 0 amide bonds. The molecule has 2 rings (SSSR count). The fraction of sp³-hybridized carbons (Fsp3) is 0.769. The molecule has 1 saturated carbocycles. The van der Waals surface area contributed by atoms with Crippen LogP contribution in [0, 0.1) is 11.8 Å². The Morgan fingerprint density at radius 1 is 1.53 bits per heavy atom. The first-order valence-electron chi connectivity index (χ1n) is 6.54. The molecule has 0 saturated heterocycles. The number of nitrogens with zero attached hydrogens (tertiary/aromatic N) is 2. The topological polar surface area (TPSA) is 29.9 Å². The second-order valence-corrected chi connectivity index (χ2v) is 5.92. The summed E-state index contributed by atoms with van der Waals surface area (Å²) >= 11 is 3.65. The average molecular weight is 300 g/mol. The first-order chi connectivity index (χ1) is 8.13. The maximum absolute atomic E-state index is 4.50. The molecule has 0 radical (unpaired) electrons. The highest BCUT2D eigenvalue weighted by Crippen LogP contribution is 2.36. The Bertz CT molecular complexity index is 382. The van der Waals surface area contributed by atoms with Gasteiger partial charge in [0.2, 0.25) is 0 Å². The first-order valence-corrected chi connectivity index (χ1v) is 7.33. The van der Waals surface area contributed by atoms with Crippen molar-refractivity contribution in [1.82, 2.24) is 15.1 Å². The minimum absolute atomic E-state index is 0.813. The zero-order valence-corrected chi connectivity index (χ0v) is 12.5. The highest BCUT2D eigenvalue weighted by Gasteiger charge is 2.27. The molecule has 1 aliphatic carbocycles. The van der Waals surface area contributed by atoms with Crippen molar-refractivity contribution in [2.75, 3.05) is 6.54 Å². The summed E-state index contributed by atoms with van der Waals surface area (Å²) in [6, 6.07) is 0. The van der Waals surface area contributed by atoms with E-state index >= 15 is 0 Å². The normalized spacial score (nSPS) is 17.4. The summed E-state index contributed by atoms with van der Waals surface area (Å²) in [5.74, 6) is 1.79. The molecule has 0 bridgehead atoms. The van der Waals surface area contributed by atoms with Gasteiger partial charge in [-0.3, -0.25) is 4.68 Å². The van der Waals surface area contributed by atoms with E-state index in [0.717, 1.165) is 37.0 Å². The lowest BCUT2D eigenvalue weighted by Gasteiger charge is -2.11. The fourth-order valence-electron chi connectivity index (χ4n) is 2.26. The van der Waals surface area contributed by atoms with Gasteiger partial charge >= 0.3 is 0 Å². The maximum atomic E-state index is 4.50. The van der Waals surface area contributed by atoms with Crippen LogP contribution in [-0.2, 0) is 20.0 Å². The van der Waals surface area contributed by atoms with Crippen molar-refractivity contribution in [3.8, 4) is 0 Å². The average Bonchev–Trinajstić information content (AvgIpc) is 3.10. The van der Waals surface area contributed by atoms with Gasteiger partial charge < -0.3 is 5.32 Å². The molecule has 1 unspecified atom stereocenters. The zero-order valence-electron chi connectivity index (χ0n) is 11.0. The second kappa shape index (κ2) is 5.53. The van der Waals surface area contributed by atoms with Crippen molar-refractivity contribution in [3.63, 3.8) is 0 Å². The van der Waals surface area contributed by atoms with Crippen molar-refractivity contribution in [1.29, 1.82) is 0 Å². The van der Waals surface area contributed by atoms with Crippen LogP contribution in [0.25, 0.3) is 0 Å². The van der Waals surface area contributed by atoms with Crippen LogP contribution < -0.4 is 5.32 Å². The van der Waals surface area contributed by atoms with Gasteiger partial charge in [-0.25, -0.2) is 0 Å². The van der Waals surface area contributed by atoms with Crippen LogP contribution >= 0.6 is 15.9 Å². The lowest BCUT2D eigenvalue weighted by atomic mass is 10.1. The van der Waals surface area contributed by atoms with Crippen LogP contribution in [0.2, 0.25) is 0 Å². The van der Waals surface area contributed by atoms with Gasteiger partial charge in [0.15, 0.2) is 0 Å². The molecule has 17 heavy (non-hydrogen) atoms. The monoisotopic (exact) mass is 299 g/mol. The number of hydrogen-bond acceptors (Lipinski definition) is 2. The van der Waals surface area contributed by atoms with Gasteiger partial charge in [-0.05, 0) is 53.6 Å². The standard InChI is InChI=1S/C13H22BrN3/c1-4-11-13(14)12(17(3)16-11)8-15-7-9(2)10-5-6-10/h9-10,15H,4-8H2,1-3H3. The summed E-state index contributed by atoms with van der Waals surface area (Å²) in [7, 11) is 2.02. The molecule has 0 aliphatic heterocycles. The van der Waals surface area contributed by atoms with E-state index in [1.165, 1.54) is 23.0 Å². The van der Waals surface area contributed by atoms with Crippen LogP contribution in [0.5, 0.6) is 0 Å². The Morgan fingerprint density at radius 3 is 2.76 bits per heavy atom. The maximum Gasteiger partial charge on any atom is 0.0767 e. The summed E-state index contributed by atoms with van der Waals surface area (Å²) in [5, 5.41) is 8.05. The molecule has 1 atom stereocenters. The highest BCUT2D eigenvalue weighted by atomic mass is 79.9. The highest BCUT2D eigenvalue weighted by molar-refractivity contribution is 9.10. The lowest BCUT2D eigenvalue weighted by Crippen LogP contribution is -2.23. The SMILES string of the molecule is CCc1nn(C)c(CNCC(C)C2CC2)c1Br. The zero-order chi connectivity index (χ0) is 12.4. The Kier molecular flexibility index (Phi) is 4.26. The van der Waals surface area contributed by atoms with E-state index in [2.05, 4.69) is 40.2 Å². The van der Waals surface area contributed by atoms with Gasteiger partial charge in [0.1, 0.15) is 0 Å². The van der Waals surface area contributed by atoms with Crippen LogP contribution in [-0.4, -0.2) is 16.3 Å². The third kappa shape index (κ3) is 3.10. The Balaban J connectivity index is 1.87. The molecule has 96 valence electrons. The fourth-order valence-corrected chi connectivity index (χ4v) is 3.02. The molecule has 4 heteroatoms. The van der Waals surface area contributed by atoms with Crippen molar-refractivity contribution in [2.24, 2.45) is 18.9 Å². The van der Waals surface area contributed by atoms with E-state index in [0.29, 0.717) is 0 Å². The number of nitrogens with one attached hydrogen (secondary N) is 1. The third-order valence-corrected chi connectivity index (χ3v) is 4.60. The summed E-state index contributed by atoms with van der Waals surface area (Å²) in [5.41, 5.74) is 2.41. The molecule has 3 nitrogen and oxygen atoms in total. The second-order valence-electron chi connectivity index (χ2n) is 5.13. The number of aryl methyl sites for hydroxylation is 2. The van der Waals surface area contributed by atoms with E-state index in [-0.39, 0.29) is 0 Å². The summed E-state index contributed by atoms with van der Waals surface area (Å²) in [6.07, 6.45) is 3.84. The van der Waals surface area contributed by atoms with Crippen molar-refractivity contribution in [2.45, 2.75) is 39.7 Å². The Labute approximate surface area is 112 Å². The lowest BCUT2D eigenvalue weighted by molar-refractivity contribution is 0.455. The van der Waals surface area contributed by atoms with Gasteiger partial charge in [-0.2, -0.15) is 5.10 Å². The largest absolute Gasteiger partial charge is 0.311 e. The van der Waals surface area contributed by atoms with E-state index < -0.39 is 0 Å². The van der Waals surface area contributed by atoms with Crippen molar-refractivity contribution >= 4 is 15.9 Å². The molecule has 0 aromatic carbocycles. The Hall–Kier alpha value is -0.350. The van der Waals surface area contributed by atoms with Gasteiger partial charge in [-0.1, -0.05) is 13.8 Å². The van der Waals surface area contributed by atoms with Gasteiger partial charge in [-0.15, -0.1) is 0 Å². The van der Waals surface area contributed by atoms with Crippen LogP contribution in [0.1, 0.15) is 38.1 Å². The Morgan fingerprint density at radius 2 is 2.24 bits per heavy atom. The van der Waals surface area contributed by atoms with E-state index in [1.54, 1.807) is 0 Å². The van der Waals surface area contributed by atoms with E-state index in [4.69, 9.17) is 0 Å². The van der Waals surface area contributed by atoms with Gasteiger partial charge in [0.25, 0.3) is 0 Å². The molecule has 1 aromatic rings. The molecular weight excluding hydrogens is 278 g/mol. The van der Waals surface area contributed by atoms with Crippen molar-refractivity contribution in [3.05, 3.63) is 15.9 Å². The molecule has 0 spiro atoms. The molecule has 1 aromatic heterocycles. The molecular formula is C13H22BrN3. The minimum atomic E-state index is 0.813. The molecule has 1 aliphatic rings. The number of aromatic nitrogens is 2. The van der Waals surface area contributed by atoms with E-state index in [9.17, 15) is 0 Å². The first kappa shape index (κ1) is 13.1. The number of hydrogen-bond donors (Lipinski definition) is 1. The number of rotatable bonds is 6. The van der Waals surface area contributed by atoms with Gasteiger partial charge in [0.05, 0.1) is 15.9 Å². The molecule has 1 fully saturated rings. The van der Waals surface area contributed by atoms with Crippen LogP contribution in [0.4, 0.5) is 0 Å².